The maximum Gasteiger partial charge on any atom is 0.201 e. The molecule has 0 aromatic heterocycles. The van der Waals surface area contributed by atoms with Crippen molar-refractivity contribution in [1.82, 2.24) is 0 Å². The van der Waals surface area contributed by atoms with E-state index in [0.29, 0.717) is 26.0 Å². The van der Waals surface area contributed by atoms with Gasteiger partial charge in [0.05, 0.1) is 9.81 Å². The summed E-state index contributed by atoms with van der Waals surface area (Å²) >= 11 is 8.94. The number of halogens is 1. The number of allylic oxidation sites excluding steroid dienone is 2. The highest BCUT2D eigenvalue weighted by Crippen LogP contribution is 2.39. The smallest absolute Gasteiger partial charge is 0.201 e. The normalized spacial score (nSPS) is 14.6. The fraction of sp³-hybridized carbons (Fsp3) is 0.375. The predicted octanol–water partition coefficient (Wildman–Crippen LogP) is 5.22. The van der Waals surface area contributed by atoms with E-state index in [2.05, 4.69) is 13.8 Å². The van der Waals surface area contributed by atoms with E-state index in [1.165, 1.54) is 23.5 Å². The standard InChI is InChI=1S/C16H17ClO2S2/c1-3-7-20-15-13(18)11-6-5-10(17)9-12(11)14(19)16(15)21-8-4-2/h5-6,9H,3-4,7-8H2,1-2H3. The highest BCUT2D eigenvalue weighted by Gasteiger charge is 2.32. The van der Waals surface area contributed by atoms with Crippen LogP contribution in [0.25, 0.3) is 0 Å². The van der Waals surface area contributed by atoms with Crippen molar-refractivity contribution in [3.05, 3.63) is 44.2 Å². The van der Waals surface area contributed by atoms with E-state index in [0.717, 1.165) is 24.3 Å². The Morgan fingerprint density at radius 1 is 0.905 bits per heavy atom. The molecular formula is C16H17ClO2S2. The van der Waals surface area contributed by atoms with Crippen LogP contribution in [0.3, 0.4) is 0 Å². The van der Waals surface area contributed by atoms with Crippen LogP contribution in [0.2, 0.25) is 5.02 Å². The van der Waals surface area contributed by atoms with E-state index >= 15 is 0 Å². The zero-order valence-electron chi connectivity index (χ0n) is 12.1. The number of carbonyl (C=O) groups excluding carboxylic acids is 2. The van der Waals surface area contributed by atoms with Crippen molar-refractivity contribution in [3.8, 4) is 0 Å². The molecule has 0 fully saturated rings. The quantitative estimate of drug-likeness (QED) is 0.711. The maximum absolute atomic E-state index is 12.7. The lowest BCUT2D eigenvalue weighted by Gasteiger charge is -2.20. The van der Waals surface area contributed by atoms with Crippen molar-refractivity contribution >= 4 is 46.7 Å². The summed E-state index contributed by atoms with van der Waals surface area (Å²) < 4.78 is 0. The van der Waals surface area contributed by atoms with Crippen LogP contribution in [0.15, 0.2) is 28.0 Å². The first-order chi connectivity index (χ1) is 10.1. The van der Waals surface area contributed by atoms with Gasteiger partial charge in [0.2, 0.25) is 11.6 Å². The van der Waals surface area contributed by atoms with Gasteiger partial charge in [-0.1, -0.05) is 25.4 Å². The average molecular weight is 341 g/mol. The van der Waals surface area contributed by atoms with E-state index in [4.69, 9.17) is 11.6 Å². The Morgan fingerprint density at radius 3 is 1.95 bits per heavy atom. The molecule has 0 bridgehead atoms. The average Bonchev–Trinajstić information content (AvgIpc) is 2.48. The summed E-state index contributed by atoms with van der Waals surface area (Å²) in [6, 6.07) is 4.93. The van der Waals surface area contributed by atoms with Gasteiger partial charge in [0.1, 0.15) is 0 Å². The number of fused-ring (bicyclic) bond motifs is 1. The minimum atomic E-state index is -0.0656. The maximum atomic E-state index is 12.7. The number of rotatable bonds is 6. The number of ketones is 2. The van der Waals surface area contributed by atoms with E-state index in [1.807, 2.05) is 0 Å². The Hall–Kier alpha value is -0.710. The summed E-state index contributed by atoms with van der Waals surface area (Å²) in [4.78, 5) is 26.6. The van der Waals surface area contributed by atoms with Gasteiger partial charge in [-0.25, -0.2) is 0 Å². The monoisotopic (exact) mass is 340 g/mol. The molecule has 5 heteroatoms. The number of hydrogen-bond donors (Lipinski definition) is 0. The van der Waals surface area contributed by atoms with Gasteiger partial charge in [0.15, 0.2) is 0 Å². The summed E-state index contributed by atoms with van der Waals surface area (Å²) in [6.45, 7) is 4.13. The number of carbonyl (C=O) groups is 2. The van der Waals surface area contributed by atoms with Crippen LogP contribution < -0.4 is 0 Å². The molecular weight excluding hydrogens is 324 g/mol. The third kappa shape index (κ3) is 3.55. The molecule has 0 unspecified atom stereocenters. The molecule has 21 heavy (non-hydrogen) atoms. The molecule has 0 heterocycles. The Morgan fingerprint density at radius 2 is 1.43 bits per heavy atom. The molecule has 2 rings (SSSR count). The summed E-state index contributed by atoms with van der Waals surface area (Å²) in [5.74, 6) is 1.57. The topological polar surface area (TPSA) is 34.1 Å². The highest BCUT2D eigenvalue weighted by atomic mass is 35.5. The molecule has 1 aromatic carbocycles. The van der Waals surface area contributed by atoms with E-state index in [9.17, 15) is 9.59 Å². The fourth-order valence-electron chi connectivity index (χ4n) is 2.02. The van der Waals surface area contributed by atoms with E-state index in [-0.39, 0.29) is 11.6 Å². The lowest BCUT2D eigenvalue weighted by molar-refractivity contribution is 0.0988. The zero-order chi connectivity index (χ0) is 15.4. The lowest BCUT2D eigenvalue weighted by Crippen LogP contribution is -2.20. The minimum Gasteiger partial charge on any atom is -0.288 e. The van der Waals surface area contributed by atoms with E-state index < -0.39 is 0 Å². The first-order valence-corrected chi connectivity index (χ1v) is 9.33. The van der Waals surface area contributed by atoms with Crippen LogP contribution in [0.4, 0.5) is 0 Å². The Balaban J connectivity index is 2.47. The fourth-order valence-corrected chi connectivity index (χ4v) is 4.30. The second-order valence-electron chi connectivity index (χ2n) is 4.70. The molecule has 2 nitrogen and oxygen atoms in total. The summed E-state index contributed by atoms with van der Waals surface area (Å²) in [5, 5.41) is 0.486. The molecule has 1 aliphatic carbocycles. The highest BCUT2D eigenvalue weighted by molar-refractivity contribution is 8.08. The Kier molecular flexibility index (Phi) is 5.97. The molecule has 0 radical (unpaired) electrons. The molecule has 0 saturated heterocycles. The molecule has 0 amide bonds. The van der Waals surface area contributed by atoms with Gasteiger partial charge in [-0.3, -0.25) is 9.59 Å². The predicted molar refractivity (Wildman–Crippen MR) is 92.6 cm³/mol. The van der Waals surface area contributed by atoms with Crippen molar-refractivity contribution in [2.45, 2.75) is 26.7 Å². The van der Waals surface area contributed by atoms with Crippen LogP contribution in [-0.2, 0) is 0 Å². The number of Topliss-reactive ketones (excluding diaryl/α,β-unsaturated/α-hetero) is 2. The van der Waals surface area contributed by atoms with Crippen LogP contribution in [0, 0.1) is 0 Å². The molecule has 0 atom stereocenters. The van der Waals surface area contributed by atoms with E-state index in [1.54, 1.807) is 18.2 Å². The molecule has 1 aliphatic rings. The van der Waals surface area contributed by atoms with Crippen molar-refractivity contribution in [3.63, 3.8) is 0 Å². The lowest BCUT2D eigenvalue weighted by atomic mass is 9.94. The second-order valence-corrected chi connectivity index (χ2v) is 7.35. The number of hydrogen-bond acceptors (Lipinski definition) is 4. The summed E-state index contributed by atoms with van der Waals surface area (Å²) in [5.41, 5.74) is 0.913. The van der Waals surface area contributed by atoms with Gasteiger partial charge in [-0.15, -0.1) is 23.5 Å². The Labute approximate surface area is 138 Å². The van der Waals surface area contributed by atoms with Crippen molar-refractivity contribution in [2.24, 2.45) is 0 Å². The van der Waals surface area contributed by atoms with Gasteiger partial charge in [-0.05, 0) is 42.5 Å². The van der Waals surface area contributed by atoms with Crippen molar-refractivity contribution in [1.29, 1.82) is 0 Å². The molecule has 0 N–H and O–H groups in total. The van der Waals surface area contributed by atoms with Crippen LogP contribution >= 0.6 is 35.1 Å². The number of thioether (sulfide) groups is 2. The van der Waals surface area contributed by atoms with Crippen LogP contribution in [-0.4, -0.2) is 23.1 Å². The molecule has 112 valence electrons. The van der Waals surface area contributed by atoms with Gasteiger partial charge in [-0.2, -0.15) is 0 Å². The molecule has 1 aromatic rings. The SMILES string of the molecule is CCCSC1=C(SCCC)C(=O)c2cc(Cl)ccc2C1=O. The van der Waals surface area contributed by atoms with Crippen molar-refractivity contribution < 1.29 is 9.59 Å². The second kappa shape index (κ2) is 7.52. The number of benzene rings is 1. The van der Waals surface area contributed by atoms with Crippen molar-refractivity contribution in [2.75, 3.05) is 11.5 Å². The third-order valence-corrected chi connectivity index (χ3v) is 5.94. The van der Waals surface area contributed by atoms with Gasteiger partial charge in [0.25, 0.3) is 0 Å². The van der Waals surface area contributed by atoms with Gasteiger partial charge >= 0.3 is 0 Å². The summed E-state index contributed by atoms with van der Waals surface area (Å²) in [6.07, 6.45) is 1.93. The largest absolute Gasteiger partial charge is 0.288 e. The van der Waals surface area contributed by atoms with Gasteiger partial charge in [0, 0.05) is 16.1 Å². The first kappa shape index (κ1) is 16.7. The van der Waals surface area contributed by atoms with Gasteiger partial charge < -0.3 is 0 Å². The molecule has 0 saturated carbocycles. The third-order valence-electron chi connectivity index (χ3n) is 2.99. The first-order valence-electron chi connectivity index (χ1n) is 6.99. The summed E-state index contributed by atoms with van der Waals surface area (Å²) in [7, 11) is 0. The molecule has 0 aliphatic heterocycles. The zero-order valence-corrected chi connectivity index (χ0v) is 14.5. The minimum absolute atomic E-state index is 0.0432. The van der Waals surface area contributed by atoms with Crippen LogP contribution in [0.1, 0.15) is 47.4 Å². The Bertz CT molecular complexity index is 608. The molecule has 0 spiro atoms. The van der Waals surface area contributed by atoms with Crippen LogP contribution in [0.5, 0.6) is 0 Å².